The van der Waals surface area contributed by atoms with Crippen LogP contribution in [0.25, 0.3) is 0 Å². The van der Waals surface area contributed by atoms with Crippen molar-refractivity contribution in [3.05, 3.63) is 0 Å². The van der Waals surface area contributed by atoms with Crippen LogP contribution in [-0.2, 0) is 18.9 Å². The first-order chi connectivity index (χ1) is 8.18. The van der Waals surface area contributed by atoms with E-state index in [4.69, 9.17) is 18.9 Å². The molecule has 3 rings (SSSR count). The number of nitrogens with zero attached hydrogens (tertiary/aromatic N) is 1. The van der Waals surface area contributed by atoms with Crippen molar-refractivity contribution in [3.8, 4) is 0 Å². The van der Waals surface area contributed by atoms with Crippen molar-refractivity contribution in [2.24, 2.45) is 0 Å². The Morgan fingerprint density at radius 2 is 1.65 bits per heavy atom. The van der Waals surface area contributed by atoms with Crippen LogP contribution in [0.4, 0.5) is 0 Å². The summed E-state index contributed by atoms with van der Waals surface area (Å²) in [6, 6.07) is 0. The first-order valence-corrected chi connectivity index (χ1v) is 6.52. The largest absolute Gasteiger partial charge is 0.350 e. The molecule has 17 heavy (non-hydrogen) atoms. The lowest BCUT2D eigenvalue weighted by molar-refractivity contribution is -0.262. The fraction of sp³-hybridized carbons (Fsp3) is 1.00. The average Bonchev–Trinajstić information content (AvgIpc) is 2.89. The van der Waals surface area contributed by atoms with Crippen molar-refractivity contribution in [2.75, 3.05) is 26.3 Å². The van der Waals surface area contributed by atoms with Gasteiger partial charge in [-0.1, -0.05) is 0 Å². The number of rotatable bonds is 3. The SMILES string of the molecule is CC1CN2CC(C)OC2(CCC2OCCO2)O1. The summed E-state index contributed by atoms with van der Waals surface area (Å²) in [4.78, 5) is 2.30. The third kappa shape index (κ3) is 2.22. The third-order valence-electron chi connectivity index (χ3n) is 3.59. The number of fused-ring (bicyclic) bond motifs is 1. The number of hydrogen-bond donors (Lipinski definition) is 0. The summed E-state index contributed by atoms with van der Waals surface area (Å²) in [5.74, 6) is -0.520. The highest BCUT2D eigenvalue weighted by Gasteiger charge is 2.52. The molecule has 0 aliphatic carbocycles. The summed E-state index contributed by atoms with van der Waals surface area (Å²) < 4.78 is 22.9. The summed E-state index contributed by atoms with van der Waals surface area (Å²) in [7, 11) is 0. The zero-order valence-electron chi connectivity index (χ0n) is 10.6. The molecule has 0 aromatic heterocycles. The van der Waals surface area contributed by atoms with Gasteiger partial charge < -0.3 is 18.9 Å². The van der Waals surface area contributed by atoms with Crippen molar-refractivity contribution < 1.29 is 18.9 Å². The van der Waals surface area contributed by atoms with Crippen molar-refractivity contribution in [1.82, 2.24) is 4.90 Å². The molecule has 0 aromatic rings. The molecule has 0 saturated carbocycles. The molecule has 2 atom stereocenters. The molecule has 98 valence electrons. The van der Waals surface area contributed by atoms with Gasteiger partial charge >= 0.3 is 0 Å². The minimum Gasteiger partial charge on any atom is -0.350 e. The van der Waals surface area contributed by atoms with Gasteiger partial charge in [0.2, 0.25) is 5.91 Å². The highest BCUT2D eigenvalue weighted by Crippen LogP contribution is 2.39. The van der Waals surface area contributed by atoms with Crippen LogP contribution in [0.5, 0.6) is 0 Å². The van der Waals surface area contributed by atoms with E-state index in [1.807, 2.05) is 0 Å². The molecule has 0 aromatic carbocycles. The van der Waals surface area contributed by atoms with Crippen LogP contribution in [0, 0.1) is 0 Å². The van der Waals surface area contributed by atoms with E-state index in [1.54, 1.807) is 0 Å². The van der Waals surface area contributed by atoms with Crippen LogP contribution in [0.2, 0.25) is 0 Å². The van der Waals surface area contributed by atoms with Gasteiger partial charge in [-0.3, -0.25) is 0 Å². The minimum atomic E-state index is -0.520. The first-order valence-electron chi connectivity index (χ1n) is 6.52. The van der Waals surface area contributed by atoms with E-state index in [2.05, 4.69) is 18.7 Å². The van der Waals surface area contributed by atoms with Crippen LogP contribution >= 0.6 is 0 Å². The Morgan fingerprint density at radius 3 is 2.24 bits per heavy atom. The molecule has 0 N–H and O–H groups in total. The standard InChI is InChI=1S/C12H21NO4/c1-9-7-13-8-10(2)17-12(13,16-9)4-3-11-14-5-6-15-11/h9-11H,3-8H2,1-2H3. The highest BCUT2D eigenvalue weighted by atomic mass is 16.8. The van der Waals surface area contributed by atoms with E-state index in [-0.39, 0.29) is 18.5 Å². The summed E-state index contributed by atoms with van der Waals surface area (Å²) in [6.07, 6.45) is 2.05. The maximum Gasteiger partial charge on any atom is 0.230 e. The first kappa shape index (κ1) is 11.9. The molecule has 0 amide bonds. The zero-order chi connectivity index (χ0) is 11.9. The smallest absolute Gasteiger partial charge is 0.230 e. The van der Waals surface area contributed by atoms with Crippen molar-refractivity contribution in [2.45, 2.75) is 51.1 Å². The second kappa shape index (κ2) is 4.48. The lowest BCUT2D eigenvalue weighted by atomic mass is 10.2. The predicted octanol–water partition coefficient (Wildman–Crippen LogP) is 0.933. The van der Waals surface area contributed by atoms with Crippen molar-refractivity contribution in [3.63, 3.8) is 0 Å². The Bertz CT molecular complexity index is 266. The molecule has 5 nitrogen and oxygen atoms in total. The summed E-state index contributed by atoms with van der Waals surface area (Å²) in [5, 5.41) is 0. The third-order valence-corrected chi connectivity index (χ3v) is 3.59. The maximum absolute atomic E-state index is 6.00. The Labute approximate surface area is 102 Å². The lowest BCUT2D eigenvalue weighted by Crippen LogP contribution is -2.41. The number of hydrogen-bond acceptors (Lipinski definition) is 5. The molecule has 3 fully saturated rings. The fourth-order valence-corrected chi connectivity index (χ4v) is 3.00. The molecule has 3 aliphatic rings. The Kier molecular flexibility index (Phi) is 3.13. The van der Waals surface area contributed by atoms with Crippen LogP contribution in [0.3, 0.4) is 0 Å². The van der Waals surface area contributed by atoms with Gasteiger partial charge in [-0.05, 0) is 13.8 Å². The van der Waals surface area contributed by atoms with Gasteiger partial charge in [-0.2, -0.15) is 0 Å². The lowest BCUT2D eigenvalue weighted by Gasteiger charge is -2.30. The van der Waals surface area contributed by atoms with E-state index in [1.165, 1.54) is 0 Å². The normalized spacial score (nSPS) is 43.4. The van der Waals surface area contributed by atoms with E-state index in [9.17, 15) is 0 Å². The van der Waals surface area contributed by atoms with Gasteiger partial charge in [0.05, 0.1) is 25.4 Å². The van der Waals surface area contributed by atoms with Crippen LogP contribution < -0.4 is 0 Å². The van der Waals surface area contributed by atoms with Crippen molar-refractivity contribution in [1.29, 1.82) is 0 Å². The molecule has 0 radical (unpaired) electrons. The molecule has 0 spiro atoms. The molecule has 3 aliphatic heterocycles. The second-order valence-electron chi connectivity index (χ2n) is 5.18. The molecular weight excluding hydrogens is 222 g/mol. The topological polar surface area (TPSA) is 40.2 Å². The Morgan fingerprint density at radius 1 is 1.06 bits per heavy atom. The van der Waals surface area contributed by atoms with Gasteiger partial charge in [0.1, 0.15) is 0 Å². The predicted molar refractivity (Wildman–Crippen MR) is 60.3 cm³/mol. The molecule has 3 heterocycles. The fourth-order valence-electron chi connectivity index (χ4n) is 3.00. The molecule has 2 unspecified atom stereocenters. The maximum atomic E-state index is 6.00. The van der Waals surface area contributed by atoms with Crippen LogP contribution in [0.1, 0.15) is 26.7 Å². The van der Waals surface area contributed by atoms with Gasteiger partial charge in [0.25, 0.3) is 0 Å². The van der Waals surface area contributed by atoms with Gasteiger partial charge in [0, 0.05) is 25.9 Å². The summed E-state index contributed by atoms with van der Waals surface area (Å²) >= 11 is 0. The van der Waals surface area contributed by atoms with Gasteiger partial charge in [-0.25, -0.2) is 4.90 Å². The van der Waals surface area contributed by atoms with Gasteiger partial charge in [0.15, 0.2) is 6.29 Å². The van der Waals surface area contributed by atoms with E-state index < -0.39 is 5.91 Å². The van der Waals surface area contributed by atoms with E-state index in [0.717, 1.165) is 25.9 Å². The van der Waals surface area contributed by atoms with E-state index >= 15 is 0 Å². The van der Waals surface area contributed by atoms with Crippen molar-refractivity contribution >= 4 is 0 Å². The molecular formula is C12H21NO4. The molecule has 0 bridgehead atoms. The Hall–Kier alpha value is -0.200. The zero-order valence-corrected chi connectivity index (χ0v) is 10.6. The monoisotopic (exact) mass is 243 g/mol. The van der Waals surface area contributed by atoms with Gasteiger partial charge in [-0.15, -0.1) is 0 Å². The number of ether oxygens (including phenoxy) is 4. The van der Waals surface area contributed by atoms with Crippen LogP contribution in [-0.4, -0.2) is 55.6 Å². The average molecular weight is 243 g/mol. The van der Waals surface area contributed by atoms with Crippen LogP contribution in [0.15, 0.2) is 0 Å². The Balaban J connectivity index is 1.62. The summed E-state index contributed by atoms with van der Waals surface area (Å²) in [6.45, 7) is 7.51. The quantitative estimate of drug-likeness (QED) is 0.737. The molecule has 5 heteroatoms. The van der Waals surface area contributed by atoms with E-state index in [0.29, 0.717) is 13.2 Å². The summed E-state index contributed by atoms with van der Waals surface area (Å²) in [5.41, 5.74) is 0. The molecule has 3 saturated heterocycles. The second-order valence-corrected chi connectivity index (χ2v) is 5.18. The highest BCUT2D eigenvalue weighted by molar-refractivity contribution is 4.89. The minimum absolute atomic E-state index is 0.0785.